The van der Waals surface area contributed by atoms with Crippen molar-refractivity contribution in [3.63, 3.8) is 0 Å². The van der Waals surface area contributed by atoms with Crippen LogP contribution in [0.2, 0.25) is 0 Å². The van der Waals surface area contributed by atoms with Crippen molar-refractivity contribution in [3.05, 3.63) is 0 Å². The number of hydrogen-bond donors (Lipinski definition) is 1. The van der Waals surface area contributed by atoms with Gasteiger partial charge in [0.25, 0.3) is 0 Å². The van der Waals surface area contributed by atoms with Crippen molar-refractivity contribution in [2.24, 2.45) is 0 Å². The molecule has 0 aromatic carbocycles. The van der Waals surface area contributed by atoms with Gasteiger partial charge >= 0.3 is 0 Å². The summed E-state index contributed by atoms with van der Waals surface area (Å²) in [5, 5.41) is 3.35. The van der Waals surface area contributed by atoms with Crippen LogP contribution in [-0.4, -0.2) is 39.5 Å². The second kappa shape index (κ2) is 9.96. The summed E-state index contributed by atoms with van der Waals surface area (Å²) in [5.41, 5.74) is 0. The van der Waals surface area contributed by atoms with Gasteiger partial charge in [-0.3, -0.25) is 0 Å². The first-order valence-electron chi connectivity index (χ1n) is 5.12. The zero-order chi connectivity index (χ0) is 9.94. The average Bonchev–Trinajstić information content (AvgIpc) is 2.13. The van der Waals surface area contributed by atoms with E-state index in [0.29, 0.717) is 13.2 Å². The van der Waals surface area contributed by atoms with E-state index in [-0.39, 0.29) is 6.10 Å². The molecule has 0 amide bonds. The zero-order valence-electron chi connectivity index (χ0n) is 9.14. The zero-order valence-corrected chi connectivity index (χ0v) is 9.14. The van der Waals surface area contributed by atoms with E-state index in [4.69, 9.17) is 9.47 Å². The van der Waals surface area contributed by atoms with Gasteiger partial charge < -0.3 is 14.8 Å². The maximum Gasteiger partial charge on any atom is 0.0704 e. The van der Waals surface area contributed by atoms with E-state index in [1.807, 2.05) is 0 Å². The Morgan fingerprint density at radius 1 is 1.31 bits per heavy atom. The van der Waals surface area contributed by atoms with Gasteiger partial charge in [-0.05, 0) is 19.9 Å². The molecule has 0 aromatic heterocycles. The molecule has 3 heteroatoms. The van der Waals surface area contributed by atoms with Crippen LogP contribution in [0, 0.1) is 0 Å². The predicted octanol–water partition coefficient (Wildman–Crippen LogP) is 1.43. The summed E-state index contributed by atoms with van der Waals surface area (Å²) in [6.45, 7) is 7.67. The molecule has 0 spiro atoms. The van der Waals surface area contributed by atoms with Crippen molar-refractivity contribution >= 4 is 0 Å². The fourth-order valence-electron chi connectivity index (χ4n) is 0.999. The van der Waals surface area contributed by atoms with Crippen molar-refractivity contribution in [2.75, 3.05) is 33.4 Å². The van der Waals surface area contributed by atoms with Crippen LogP contribution in [0.5, 0.6) is 0 Å². The lowest BCUT2D eigenvalue weighted by molar-refractivity contribution is 0.0268. The number of rotatable bonds is 9. The molecule has 0 saturated carbocycles. The molecule has 0 bridgehead atoms. The van der Waals surface area contributed by atoms with Crippen molar-refractivity contribution in [1.29, 1.82) is 0 Å². The molecule has 1 N–H and O–H groups in total. The Balaban J connectivity index is 3.05. The van der Waals surface area contributed by atoms with Crippen molar-refractivity contribution < 1.29 is 9.47 Å². The molecule has 80 valence electrons. The number of nitrogens with one attached hydrogen (secondary N) is 1. The van der Waals surface area contributed by atoms with Crippen LogP contribution in [0.4, 0.5) is 0 Å². The van der Waals surface area contributed by atoms with E-state index in [1.165, 1.54) is 12.8 Å². The summed E-state index contributed by atoms with van der Waals surface area (Å²) in [4.78, 5) is 0. The molecule has 0 fully saturated rings. The second-order valence-corrected chi connectivity index (χ2v) is 3.23. The summed E-state index contributed by atoms with van der Waals surface area (Å²) in [5.74, 6) is 0. The SMILES string of the molecule is CCCCNC[C@@H](C)OCCOC. The fraction of sp³-hybridized carbons (Fsp3) is 1.00. The normalized spacial score (nSPS) is 13.2. The quantitative estimate of drug-likeness (QED) is 0.557. The van der Waals surface area contributed by atoms with Gasteiger partial charge in [0, 0.05) is 13.7 Å². The van der Waals surface area contributed by atoms with Crippen LogP contribution < -0.4 is 5.32 Å². The molecule has 0 aliphatic rings. The number of ether oxygens (including phenoxy) is 2. The number of methoxy groups -OCH3 is 1. The van der Waals surface area contributed by atoms with Gasteiger partial charge in [0.1, 0.15) is 0 Å². The third kappa shape index (κ3) is 9.80. The molecule has 1 atom stereocenters. The number of hydrogen-bond acceptors (Lipinski definition) is 3. The predicted molar refractivity (Wildman–Crippen MR) is 55.1 cm³/mol. The monoisotopic (exact) mass is 189 g/mol. The van der Waals surface area contributed by atoms with Gasteiger partial charge in [-0.2, -0.15) is 0 Å². The molecule has 0 rings (SSSR count). The average molecular weight is 189 g/mol. The fourth-order valence-corrected chi connectivity index (χ4v) is 0.999. The van der Waals surface area contributed by atoms with Crippen molar-refractivity contribution in [1.82, 2.24) is 5.32 Å². The molecule has 0 aliphatic carbocycles. The summed E-state index contributed by atoms with van der Waals surface area (Å²) in [6, 6.07) is 0. The highest BCUT2D eigenvalue weighted by molar-refractivity contribution is 4.54. The largest absolute Gasteiger partial charge is 0.382 e. The minimum Gasteiger partial charge on any atom is -0.382 e. The number of unbranched alkanes of at least 4 members (excludes halogenated alkanes) is 1. The third-order valence-electron chi connectivity index (χ3n) is 1.83. The molecule has 0 unspecified atom stereocenters. The first kappa shape index (κ1) is 12.9. The molecule has 0 heterocycles. The highest BCUT2D eigenvalue weighted by atomic mass is 16.5. The minimum absolute atomic E-state index is 0.284. The minimum atomic E-state index is 0.284. The van der Waals surface area contributed by atoms with Crippen LogP contribution in [0.3, 0.4) is 0 Å². The van der Waals surface area contributed by atoms with E-state index in [1.54, 1.807) is 7.11 Å². The van der Waals surface area contributed by atoms with E-state index in [9.17, 15) is 0 Å². The smallest absolute Gasteiger partial charge is 0.0704 e. The van der Waals surface area contributed by atoms with Gasteiger partial charge in [0.05, 0.1) is 19.3 Å². The van der Waals surface area contributed by atoms with Gasteiger partial charge in [-0.15, -0.1) is 0 Å². The molecule has 0 saturated heterocycles. The van der Waals surface area contributed by atoms with Gasteiger partial charge in [0.15, 0.2) is 0 Å². The molecule has 0 radical (unpaired) electrons. The lowest BCUT2D eigenvalue weighted by Gasteiger charge is -2.13. The Labute approximate surface area is 81.8 Å². The first-order chi connectivity index (χ1) is 6.31. The van der Waals surface area contributed by atoms with Crippen molar-refractivity contribution in [2.45, 2.75) is 32.8 Å². The first-order valence-corrected chi connectivity index (χ1v) is 5.12. The maximum atomic E-state index is 5.48. The van der Waals surface area contributed by atoms with Crippen LogP contribution in [0.25, 0.3) is 0 Å². The van der Waals surface area contributed by atoms with Crippen LogP contribution in [0.1, 0.15) is 26.7 Å². The second-order valence-electron chi connectivity index (χ2n) is 3.23. The van der Waals surface area contributed by atoms with Crippen LogP contribution in [-0.2, 0) is 9.47 Å². The van der Waals surface area contributed by atoms with E-state index >= 15 is 0 Å². The lowest BCUT2D eigenvalue weighted by atomic mass is 10.3. The molecular weight excluding hydrogens is 166 g/mol. The van der Waals surface area contributed by atoms with Gasteiger partial charge in [-0.1, -0.05) is 13.3 Å². The highest BCUT2D eigenvalue weighted by Crippen LogP contribution is 1.89. The Morgan fingerprint density at radius 2 is 2.08 bits per heavy atom. The Kier molecular flexibility index (Phi) is 9.87. The van der Waals surface area contributed by atoms with E-state index < -0.39 is 0 Å². The molecule has 13 heavy (non-hydrogen) atoms. The van der Waals surface area contributed by atoms with Crippen molar-refractivity contribution in [3.8, 4) is 0 Å². The standard InChI is InChI=1S/C10H23NO2/c1-4-5-6-11-9-10(2)13-8-7-12-3/h10-11H,4-9H2,1-3H3/t10-/m1/s1. The topological polar surface area (TPSA) is 30.5 Å². The lowest BCUT2D eigenvalue weighted by Crippen LogP contribution is -2.28. The molecule has 3 nitrogen and oxygen atoms in total. The van der Waals surface area contributed by atoms with E-state index in [2.05, 4.69) is 19.2 Å². The molecule has 0 aromatic rings. The summed E-state index contributed by atoms with van der Waals surface area (Å²) in [6.07, 6.45) is 2.77. The van der Waals surface area contributed by atoms with Crippen LogP contribution >= 0.6 is 0 Å². The summed E-state index contributed by atoms with van der Waals surface area (Å²) in [7, 11) is 1.69. The Hall–Kier alpha value is -0.120. The maximum absolute atomic E-state index is 5.48. The highest BCUT2D eigenvalue weighted by Gasteiger charge is 1.99. The molecular formula is C10H23NO2. The molecule has 0 aliphatic heterocycles. The van der Waals surface area contributed by atoms with Gasteiger partial charge in [-0.25, -0.2) is 0 Å². The summed E-state index contributed by atoms with van der Waals surface area (Å²) < 4.78 is 10.4. The Bertz CT molecular complexity index is 98.9. The Morgan fingerprint density at radius 3 is 2.69 bits per heavy atom. The summed E-state index contributed by atoms with van der Waals surface area (Å²) >= 11 is 0. The van der Waals surface area contributed by atoms with E-state index in [0.717, 1.165) is 13.1 Å². The van der Waals surface area contributed by atoms with Gasteiger partial charge in [0.2, 0.25) is 0 Å². The third-order valence-corrected chi connectivity index (χ3v) is 1.83. The van der Waals surface area contributed by atoms with Crippen LogP contribution in [0.15, 0.2) is 0 Å².